The standard InChI is InChI=1S/C15H14N4OS/c1-9-4-10(7-18-6-9)14(20)19-15-12(5-16)11-2-3-17-8-13(11)21-15/h4,6-7,17H,2-3,8H2,1H3,(H,19,20). The number of anilines is 1. The van der Waals surface area contributed by atoms with Crippen LogP contribution in [0.1, 0.15) is 31.9 Å². The van der Waals surface area contributed by atoms with Crippen molar-refractivity contribution < 1.29 is 4.79 Å². The lowest BCUT2D eigenvalue weighted by atomic mass is 10.1. The smallest absolute Gasteiger partial charge is 0.257 e. The SMILES string of the molecule is Cc1cncc(C(=O)Nc2sc3c(c2C#N)CCNC3)c1. The summed E-state index contributed by atoms with van der Waals surface area (Å²) in [6.07, 6.45) is 4.06. The van der Waals surface area contributed by atoms with Crippen molar-refractivity contribution in [3.8, 4) is 6.07 Å². The normalized spacial score (nSPS) is 13.3. The number of hydrogen-bond acceptors (Lipinski definition) is 5. The number of nitriles is 1. The number of aryl methyl sites for hydroxylation is 1. The summed E-state index contributed by atoms with van der Waals surface area (Å²) in [5, 5.41) is 16.1. The number of fused-ring (bicyclic) bond motifs is 1. The van der Waals surface area contributed by atoms with Crippen molar-refractivity contribution in [2.24, 2.45) is 0 Å². The van der Waals surface area contributed by atoms with Crippen molar-refractivity contribution in [2.75, 3.05) is 11.9 Å². The minimum absolute atomic E-state index is 0.228. The molecule has 0 bridgehead atoms. The molecule has 0 aliphatic carbocycles. The quantitative estimate of drug-likeness (QED) is 0.891. The summed E-state index contributed by atoms with van der Waals surface area (Å²) in [6.45, 7) is 3.52. The third-order valence-corrected chi connectivity index (χ3v) is 4.55. The molecule has 0 unspecified atom stereocenters. The van der Waals surface area contributed by atoms with Crippen LogP contribution in [-0.2, 0) is 13.0 Å². The van der Waals surface area contributed by atoms with Gasteiger partial charge in [-0.2, -0.15) is 5.26 Å². The zero-order valence-electron chi connectivity index (χ0n) is 11.6. The summed E-state index contributed by atoms with van der Waals surface area (Å²) >= 11 is 1.48. The number of aromatic nitrogens is 1. The highest BCUT2D eigenvalue weighted by atomic mass is 32.1. The molecule has 0 atom stereocenters. The van der Waals surface area contributed by atoms with Crippen LogP contribution in [0, 0.1) is 18.3 Å². The molecule has 0 fully saturated rings. The van der Waals surface area contributed by atoms with Crippen LogP contribution in [-0.4, -0.2) is 17.4 Å². The fourth-order valence-electron chi connectivity index (χ4n) is 2.40. The van der Waals surface area contributed by atoms with Crippen LogP contribution in [0.5, 0.6) is 0 Å². The molecule has 1 amide bonds. The van der Waals surface area contributed by atoms with E-state index in [1.54, 1.807) is 12.3 Å². The molecule has 2 aromatic rings. The number of amides is 1. The van der Waals surface area contributed by atoms with Crippen LogP contribution in [0.15, 0.2) is 18.5 Å². The first kappa shape index (κ1) is 13.7. The van der Waals surface area contributed by atoms with E-state index >= 15 is 0 Å². The lowest BCUT2D eigenvalue weighted by Crippen LogP contribution is -2.22. The van der Waals surface area contributed by atoms with Gasteiger partial charge in [0, 0.05) is 23.8 Å². The molecule has 0 aromatic carbocycles. The van der Waals surface area contributed by atoms with Gasteiger partial charge in [-0.25, -0.2) is 0 Å². The Morgan fingerprint density at radius 3 is 3.14 bits per heavy atom. The zero-order chi connectivity index (χ0) is 14.8. The molecule has 1 aliphatic rings. The summed E-state index contributed by atoms with van der Waals surface area (Å²) in [5.41, 5.74) is 3.10. The number of rotatable bonds is 2. The van der Waals surface area contributed by atoms with Crippen LogP contribution in [0.25, 0.3) is 0 Å². The molecule has 1 aliphatic heterocycles. The van der Waals surface area contributed by atoms with Crippen LogP contribution >= 0.6 is 11.3 Å². The molecule has 2 N–H and O–H groups in total. The Morgan fingerprint density at radius 1 is 1.52 bits per heavy atom. The first-order valence-electron chi connectivity index (χ1n) is 6.67. The van der Waals surface area contributed by atoms with Gasteiger partial charge in [0.2, 0.25) is 0 Å². The monoisotopic (exact) mass is 298 g/mol. The third-order valence-electron chi connectivity index (χ3n) is 3.40. The van der Waals surface area contributed by atoms with Crippen molar-refractivity contribution in [3.63, 3.8) is 0 Å². The van der Waals surface area contributed by atoms with E-state index in [0.29, 0.717) is 16.1 Å². The molecule has 0 saturated carbocycles. The van der Waals surface area contributed by atoms with Gasteiger partial charge in [0.05, 0.1) is 11.1 Å². The van der Waals surface area contributed by atoms with Gasteiger partial charge in [-0.1, -0.05) is 0 Å². The molecule has 106 valence electrons. The molecule has 6 heteroatoms. The molecule has 0 saturated heterocycles. The van der Waals surface area contributed by atoms with E-state index in [9.17, 15) is 10.1 Å². The van der Waals surface area contributed by atoms with Crippen LogP contribution < -0.4 is 10.6 Å². The highest BCUT2D eigenvalue weighted by Gasteiger charge is 2.21. The summed E-state index contributed by atoms with van der Waals surface area (Å²) in [6, 6.07) is 4.01. The summed E-state index contributed by atoms with van der Waals surface area (Å²) in [5.74, 6) is -0.228. The second-order valence-corrected chi connectivity index (χ2v) is 6.06. The summed E-state index contributed by atoms with van der Waals surface area (Å²) < 4.78 is 0. The van der Waals surface area contributed by atoms with Gasteiger partial charge >= 0.3 is 0 Å². The van der Waals surface area contributed by atoms with Gasteiger partial charge in [0.15, 0.2) is 0 Å². The number of nitrogens with one attached hydrogen (secondary N) is 2. The molecule has 3 heterocycles. The number of hydrogen-bond donors (Lipinski definition) is 2. The number of thiophene rings is 1. The Balaban J connectivity index is 1.90. The molecule has 2 aromatic heterocycles. The van der Waals surface area contributed by atoms with E-state index in [1.165, 1.54) is 17.5 Å². The Labute approximate surface area is 126 Å². The molecule has 5 nitrogen and oxygen atoms in total. The van der Waals surface area contributed by atoms with Gasteiger partial charge in [-0.05, 0) is 37.1 Å². The third kappa shape index (κ3) is 2.66. The molecule has 0 spiro atoms. The Hall–Kier alpha value is -2.23. The van der Waals surface area contributed by atoms with E-state index in [1.807, 2.05) is 6.92 Å². The minimum Gasteiger partial charge on any atom is -0.312 e. The second-order valence-electron chi connectivity index (χ2n) is 4.95. The zero-order valence-corrected chi connectivity index (χ0v) is 12.4. The number of pyridine rings is 1. The van der Waals surface area contributed by atoms with E-state index < -0.39 is 0 Å². The largest absolute Gasteiger partial charge is 0.312 e. The average molecular weight is 298 g/mol. The van der Waals surface area contributed by atoms with Crippen LogP contribution in [0.2, 0.25) is 0 Å². The van der Waals surface area contributed by atoms with E-state index in [4.69, 9.17) is 0 Å². The van der Waals surface area contributed by atoms with Crippen molar-refractivity contribution in [1.29, 1.82) is 5.26 Å². The van der Waals surface area contributed by atoms with Gasteiger partial charge in [0.1, 0.15) is 11.1 Å². The van der Waals surface area contributed by atoms with E-state index in [2.05, 4.69) is 21.7 Å². The van der Waals surface area contributed by atoms with Gasteiger partial charge in [-0.3, -0.25) is 9.78 Å². The van der Waals surface area contributed by atoms with E-state index in [0.717, 1.165) is 35.5 Å². The van der Waals surface area contributed by atoms with Crippen molar-refractivity contribution in [3.05, 3.63) is 45.6 Å². The van der Waals surface area contributed by atoms with Crippen molar-refractivity contribution in [2.45, 2.75) is 19.9 Å². The maximum atomic E-state index is 12.3. The molecule has 21 heavy (non-hydrogen) atoms. The predicted molar refractivity (Wildman–Crippen MR) is 81.4 cm³/mol. The number of carbonyl (C=O) groups is 1. The fourth-order valence-corrected chi connectivity index (χ4v) is 3.56. The average Bonchev–Trinajstić information content (AvgIpc) is 2.84. The Kier molecular flexibility index (Phi) is 3.69. The topological polar surface area (TPSA) is 77.8 Å². The predicted octanol–water partition coefficient (Wildman–Crippen LogP) is 2.22. The van der Waals surface area contributed by atoms with Gasteiger partial charge < -0.3 is 10.6 Å². The molecular formula is C15H14N4OS. The van der Waals surface area contributed by atoms with Crippen LogP contribution in [0.4, 0.5) is 5.00 Å². The maximum Gasteiger partial charge on any atom is 0.257 e. The maximum absolute atomic E-state index is 12.3. The number of carbonyl (C=O) groups excluding carboxylic acids is 1. The van der Waals surface area contributed by atoms with Crippen LogP contribution in [0.3, 0.4) is 0 Å². The molecule has 3 rings (SSSR count). The lowest BCUT2D eigenvalue weighted by molar-refractivity contribution is 0.102. The minimum atomic E-state index is -0.228. The first-order chi connectivity index (χ1) is 10.2. The summed E-state index contributed by atoms with van der Waals surface area (Å²) in [4.78, 5) is 17.4. The Morgan fingerprint density at radius 2 is 2.38 bits per heavy atom. The van der Waals surface area contributed by atoms with Crippen molar-refractivity contribution in [1.82, 2.24) is 10.3 Å². The molecular weight excluding hydrogens is 284 g/mol. The van der Waals surface area contributed by atoms with Gasteiger partial charge in [-0.15, -0.1) is 11.3 Å². The lowest BCUT2D eigenvalue weighted by Gasteiger charge is -2.11. The first-order valence-corrected chi connectivity index (χ1v) is 7.49. The van der Waals surface area contributed by atoms with Crippen molar-refractivity contribution >= 4 is 22.2 Å². The highest BCUT2D eigenvalue weighted by Crippen LogP contribution is 2.34. The van der Waals surface area contributed by atoms with Gasteiger partial charge in [0.25, 0.3) is 5.91 Å². The Bertz CT molecular complexity index is 745. The highest BCUT2D eigenvalue weighted by molar-refractivity contribution is 7.16. The second kappa shape index (κ2) is 5.64. The fraction of sp³-hybridized carbons (Fsp3) is 0.267. The number of nitrogens with zero attached hydrogens (tertiary/aromatic N) is 2. The summed E-state index contributed by atoms with van der Waals surface area (Å²) in [7, 11) is 0. The molecule has 0 radical (unpaired) electrons. The van der Waals surface area contributed by atoms with E-state index in [-0.39, 0.29) is 5.91 Å².